The lowest BCUT2D eigenvalue weighted by Gasteiger charge is -2.14. The highest BCUT2D eigenvalue weighted by atomic mass is 35.5. The van der Waals surface area contributed by atoms with E-state index in [1.807, 2.05) is 30.3 Å². The van der Waals surface area contributed by atoms with Crippen molar-refractivity contribution in [2.45, 2.75) is 18.7 Å². The molecule has 0 atom stereocenters. The standard InChI is InChI=1S/C23H20ClN3O4S.CH4/c1-30-17-10-7-15(22(14-17)31-2)13-21-23(26-20-6-4-3-5-19(20)25-21)27-32(28,29)18-11-8-16(24)9-12-18;/h3-12,14H,13H2,1-2H3,(H,26,27);1H4. The number of fused-ring (bicyclic) bond motifs is 1. The summed E-state index contributed by atoms with van der Waals surface area (Å²) < 4.78 is 39.3. The number of ether oxygens (including phenoxy) is 2. The number of aromatic nitrogens is 2. The Morgan fingerprint density at radius 3 is 2.21 bits per heavy atom. The minimum Gasteiger partial charge on any atom is -0.497 e. The Morgan fingerprint density at radius 2 is 1.58 bits per heavy atom. The van der Waals surface area contributed by atoms with Gasteiger partial charge >= 0.3 is 0 Å². The van der Waals surface area contributed by atoms with Crippen LogP contribution in [-0.2, 0) is 16.4 Å². The third kappa shape index (κ3) is 5.35. The minimum absolute atomic E-state index is 0. The molecular weight excluding hydrogens is 462 g/mol. The third-order valence-electron chi connectivity index (χ3n) is 4.85. The third-order valence-corrected chi connectivity index (χ3v) is 6.46. The van der Waals surface area contributed by atoms with Crippen LogP contribution in [0.1, 0.15) is 18.7 Å². The van der Waals surface area contributed by atoms with Gasteiger partial charge in [-0.1, -0.05) is 37.2 Å². The second-order valence-electron chi connectivity index (χ2n) is 6.92. The highest BCUT2D eigenvalue weighted by Gasteiger charge is 2.20. The Balaban J connectivity index is 0.00000306. The molecule has 0 amide bonds. The number of methoxy groups -OCH3 is 2. The Bertz CT molecular complexity index is 1380. The number of sulfonamides is 1. The fraction of sp³-hybridized carbons (Fsp3) is 0.167. The quantitative estimate of drug-likeness (QED) is 0.380. The molecule has 0 bridgehead atoms. The van der Waals surface area contributed by atoms with Crippen molar-refractivity contribution >= 4 is 38.5 Å². The van der Waals surface area contributed by atoms with Crippen LogP contribution in [0.2, 0.25) is 5.02 Å². The summed E-state index contributed by atoms with van der Waals surface area (Å²) in [6, 6.07) is 18.6. The first-order valence-electron chi connectivity index (χ1n) is 9.64. The molecule has 172 valence electrons. The average Bonchev–Trinajstić information content (AvgIpc) is 2.79. The monoisotopic (exact) mass is 485 g/mol. The highest BCUT2D eigenvalue weighted by molar-refractivity contribution is 7.92. The van der Waals surface area contributed by atoms with Gasteiger partial charge in [-0.15, -0.1) is 0 Å². The Morgan fingerprint density at radius 1 is 0.909 bits per heavy atom. The van der Waals surface area contributed by atoms with Gasteiger partial charge in [0.2, 0.25) is 0 Å². The van der Waals surface area contributed by atoms with Crippen molar-refractivity contribution in [3.8, 4) is 11.5 Å². The number of halogens is 1. The van der Waals surface area contributed by atoms with Crippen molar-refractivity contribution in [1.29, 1.82) is 0 Å². The van der Waals surface area contributed by atoms with Crippen molar-refractivity contribution in [2.24, 2.45) is 0 Å². The van der Waals surface area contributed by atoms with Gasteiger partial charge in [0, 0.05) is 23.1 Å². The molecule has 0 unspecified atom stereocenters. The van der Waals surface area contributed by atoms with Crippen LogP contribution >= 0.6 is 11.6 Å². The second kappa shape index (κ2) is 10.1. The van der Waals surface area contributed by atoms with Crippen LogP contribution in [0.15, 0.2) is 71.6 Å². The first kappa shape index (κ1) is 24.3. The number of hydrogen-bond acceptors (Lipinski definition) is 6. The van der Waals surface area contributed by atoms with E-state index in [1.165, 1.54) is 24.3 Å². The lowest BCUT2D eigenvalue weighted by atomic mass is 10.1. The van der Waals surface area contributed by atoms with Gasteiger partial charge in [0.05, 0.1) is 35.8 Å². The zero-order valence-electron chi connectivity index (χ0n) is 17.4. The molecular formula is C24H24ClN3O4S. The van der Waals surface area contributed by atoms with E-state index >= 15 is 0 Å². The second-order valence-corrected chi connectivity index (χ2v) is 9.04. The molecule has 7 nitrogen and oxygen atoms in total. The molecule has 4 aromatic rings. The van der Waals surface area contributed by atoms with Crippen LogP contribution in [0.5, 0.6) is 11.5 Å². The fourth-order valence-corrected chi connectivity index (χ4v) is 4.38. The average molecular weight is 486 g/mol. The van der Waals surface area contributed by atoms with Gasteiger partial charge in [-0.25, -0.2) is 18.4 Å². The number of para-hydroxylation sites is 2. The summed E-state index contributed by atoms with van der Waals surface area (Å²) in [5.41, 5.74) is 2.51. The van der Waals surface area contributed by atoms with Gasteiger partial charge in [-0.2, -0.15) is 0 Å². The topological polar surface area (TPSA) is 90.4 Å². The summed E-state index contributed by atoms with van der Waals surface area (Å²) in [6.45, 7) is 0. The van der Waals surface area contributed by atoms with E-state index in [-0.39, 0.29) is 18.1 Å². The normalized spacial score (nSPS) is 11.0. The van der Waals surface area contributed by atoms with Gasteiger partial charge < -0.3 is 9.47 Å². The molecule has 0 saturated carbocycles. The van der Waals surface area contributed by atoms with Crippen LogP contribution < -0.4 is 14.2 Å². The van der Waals surface area contributed by atoms with Gasteiger partial charge in [0.25, 0.3) is 10.0 Å². The molecule has 0 aliphatic rings. The van der Waals surface area contributed by atoms with Crippen molar-refractivity contribution in [2.75, 3.05) is 18.9 Å². The van der Waals surface area contributed by atoms with Crippen molar-refractivity contribution in [3.05, 3.63) is 83.0 Å². The van der Waals surface area contributed by atoms with Crippen LogP contribution in [-0.4, -0.2) is 32.6 Å². The molecule has 1 N–H and O–H groups in total. The maximum absolute atomic E-state index is 13.0. The molecule has 0 fully saturated rings. The van der Waals surface area contributed by atoms with Gasteiger partial charge in [0.15, 0.2) is 5.82 Å². The van der Waals surface area contributed by atoms with E-state index in [2.05, 4.69) is 14.7 Å². The summed E-state index contributed by atoms with van der Waals surface area (Å²) >= 11 is 5.89. The number of anilines is 1. The first-order valence-corrected chi connectivity index (χ1v) is 11.5. The summed E-state index contributed by atoms with van der Waals surface area (Å²) in [5, 5.41) is 0.446. The molecule has 9 heteroatoms. The van der Waals surface area contributed by atoms with Gasteiger partial charge in [-0.05, 0) is 42.5 Å². The molecule has 0 radical (unpaired) electrons. The molecule has 0 spiro atoms. The van der Waals surface area contributed by atoms with Gasteiger partial charge in [0.1, 0.15) is 11.5 Å². The lowest BCUT2D eigenvalue weighted by molar-refractivity contribution is 0.391. The van der Waals surface area contributed by atoms with E-state index in [4.69, 9.17) is 21.1 Å². The number of rotatable bonds is 7. The Kier molecular flexibility index (Phi) is 7.40. The van der Waals surface area contributed by atoms with Crippen molar-refractivity contribution in [3.63, 3.8) is 0 Å². The van der Waals surface area contributed by atoms with Gasteiger partial charge in [-0.3, -0.25) is 4.72 Å². The number of nitrogens with zero attached hydrogens (tertiary/aromatic N) is 2. The number of nitrogens with one attached hydrogen (secondary N) is 1. The summed E-state index contributed by atoms with van der Waals surface area (Å²) in [5.74, 6) is 1.40. The highest BCUT2D eigenvalue weighted by Crippen LogP contribution is 2.29. The summed E-state index contributed by atoms with van der Waals surface area (Å²) in [4.78, 5) is 9.30. The van der Waals surface area contributed by atoms with E-state index in [0.717, 1.165) is 5.56 Å². The van der Waals surface area contributed by atoms with Crippen LogP contribution in [0, 0.1) is 0 Å². The first-order chi connectivity index (χ1) is 15.4. The predicted octanol–water partition coefficient (Wildman–Crippen LogP) is 5.33. The molecule has 1 heterocycles. The molecule has 4 rings (SSSR count). The number of benzene rings is 3. The van der Waals surface area contributed by atoms with E-state index in [0.29, 0.717) is 39.7 Å². The zero-order chi connectivity index (χ0) is 22.7. The zero-order valence-corrected chi connectivity index (χ0v) is 18.9. The lowest BCUT2D eigenvalue weighted by Crippen LogP contribution is -2.16. The van der Waals surface area contributed by atoms with Crippen molar-refractivity contribution in [1.82, 2.24) is 9.97 Å². The molecule has 33 heavy (non-hydrogen) atoms. The smallest absolute Gasteiger partial charge is 0.263 e. The van der Waals surface area contributed by atoms with Crippen LogP contribution in [0.3, 0.4) is 0 Å². The largest absolute Gasteiger partial charge is 0.497 e. The van der Waals surface area contributed by atoms with Crippen LogP contribution in [0.4, 0.5) is 5.82 Å². The van der Waals surface area contributed by atoms with Crippen molar-refractivity contribution < 1.29 is 17.9 Å². The van der Waals surface area contributed by atoms with E-state index in [1.54, 1.807) is 26.4 Å². The SMILES string of the molecule is C.COc1ccc(Cc2nc3ccccc3nc2NS(=O)(=O)c2ccc(Cl)cc2)c(OC)c1. The Hall–Kier alpha value is -3.36. The molecule has 1 aromatic heterocycles. The minimum atomic E-state index is -3.90. The van der Waals surface area contributed by atoms with E-state index in [9.17, 15) is 8.42 Å². The molecule has 0 aliphatic heterocycles. The Labute approximate surface area is 198 Å². The van der Waals surface area contributed by atoms with E-state index < -0.39 is 10.0 Å². The molecule has 0 saturated heterocycles. The molecule has 0 aliphatic carbocycles. The summed E-state index contributed by atoms with van der Waals surface area (Å²) in [7, 11) is -0.762. The maximum atomic E-state index is 13.0. The molecule has 3 aromatic carbocycles. The fourth-order valence-electron chi connectivity index (χ4n) is 3.22. The predicted molar refractivity (Wildman–Crippen MR) is 131 cm³/mol. The maximum Gasteiger partial charge on any atom is 0.263 e. The van der Waals surface area contributed by atoms with Crippen LogP contribution in [0.25, 0.3) is 11.0 Å². The summed E-state index contributed by atoms with van der Waals surface area (Å²) in [6.07, 6.45) is 0.295. The number of hydrogen-bond donors (Lipinski definition) is 1.